The molecule has 9 heterocycles. The van der Waals surface area contributed by atoms with Crippen molar-refractivity contribution >= 4 is 29.2 Å². The second kappa shape index (κ2) is 44.5. The van der Waals surface area contributed by atoms with Crippen LogP contribution in [-0.2, 0) is 6.18 Å². The monoisotopic (exact) mass is 1300 g/mol. The molecule has 0 aliphatic carbocycles. The van der Waals surface area contributed by atoms with Gasteiger partial charge in [0.25, 0.3) is 0 Å². The second-order valence-electron chi connectivity index (χ2n) is 23.6. The number of nitrogen functional groups attached to an aromatic ring is 3. The van der Waals surface area contributed by atoms with Gasteiger partial charge in [0.15, 0.2) is 5.16 Å². The van der Waals surface area contributed by atoms with E-state index in [0.717, 1.165) is 33.7 Å². The number of halogens is 4. The van der Waals surface area contributed by atoms with E-state index in [2.05, 4.69) is 162 Å². The molecule has 9 aromatic heterocycles. The third-order valence-electron chi connectivity index (χ3n) is 12.9. The van der Waals surface area contributed by atoms with E-state index in [-0.39, 0.29) is 5.92 Å². The summed E-state index contributed by atoms with van der Waals surface area (Å²) in [4.78, 5) is 50.7. The van der Waals surface area contributed by atoms with E-state index < -0.39 is 17.8 Å². The summed E-state index contributed by atoms with van der Waals surface area (Å²) < 4.78 is 48.9. The van der Waals surface area contributed by atoms with Crippen molar-refractivity contribution in [3.05, 3.63) is 221 Å². The largest absolute Gasteiger partial charge is 0.433 e. The highest BCUT2D eigenvalue weighted by Crippen LogP contribution is 2.29. The molecule has 0 aliphatic rings. The van der Waals surface area contributed by atoms with Crippen molar-refractivity contribution in [3.8, 4) is 6.07 Å². The Morgan fingerprint density at radius 3 is 1.20 bits per heavy atom. The fourth-order valence-electron chi connectivity index (χ4n) is 6.78. The summed E-state index contributed by atoms with van der Waals surface area (Å²) in [5.74, 6) is 5.22. The lowest BCUT2D eigenvalue weighted by Crippen LogP contribution is -2.08. The van der Waals surface area contributed by atoms with Crippen molar-refractivity contribution in [1.82, 2.24) is 64.8 Å². The van der Waals surface area contributed by atoms with Crippen LogP contribution in [-0.4, -0.2) is 71.0 Å². The minimum atomic E-state index is -4.34. The molecule has 0 atom stereocenters. The van der Waals surface area contributed by atoms with Gasteiger partial charge in [-0.2, -0.15) is 22.8 Å². The fraction of sp³-hybridized carbons (Fsp3) is 0.408. The number of thioether (sulfide) groups is 1. The van der Waals surface area contributed by atoms with E-state index in [1.807, 2.05) is 113 Å². The SMILES string of the molecule is CC(C)c1ccc(N)nc1.CC(C)c1ccnc(C#N)c1.CC(C)c1ccnc(C(F)(F)F)c1.CC(C)c1ccnc(F)c1.CC(C)c1ccnc(N)c1.CC(C)c1cnc(N)cn1.CC(C)c1cnccn1.CC(C)c1cncnc1.CSc1ncc(C(C)C)cn1. The molecule has 93 heavy (non-hydrogen) atoms. The summed E-state index contributed by atoms with van der Waals surface area (Å²) in [6, 6.07) is 19.5. The maximum atomic E-state index is 12.4. The van der Waals surface area contributed by atoms with Gasteiger partial charge in [-0.25, -0.2) is 44.9 Å². The molecule has 0 spiro atoms. The lowest BCUT2D eigenvalue weighted by molar-refractivity contribution is -0.141. The summed E-state index contributed by atoms with van der Waals surface area (Å²) in [7, 11) is 0. The number of nitrogens with zero attached hydrogens (tertiary/aromatic N) is 14. The van der Waals surface area contributed by atoms with Crippen LogP contribution in [0.25, 0.3) is 0 Å². The van der Waals surface area contributed by atoms with Gasteiger partial charge in [-0.1, -0.05) is 142 Å². The smallest absolute Gasteiger partial charge is 0.384 e. The summed E-state index contributed by atoms with van der Waals surface area (Å²) in [5.41, 5.74) is 25.6. The highest BCUT2D eigenvalue weighted by molar-refractivity contribution is 7.98. The van der Waals surface area contributed by atoms with Crippen molar-refractivity contribution < 1.29 is 17.6 Å². The molecule has 0 aliphatic heterocycles. The molecule has 0 amide bonds. The van der Waals surface area contributed by atoms with Gasteiger partial charge in [0, 0.05) is 74.4 Å². The molecule has 0 fully saturated rings. The van der Waals surface area contributed by atoms with Crippen LogP contribution in [0.3, 0.4) is 0 Å². The number of hydrogen-bond acceptors (Lipinski definition) is 18. The van der Waals surface area contributed by atoms with Gasteiger partial charge in [0.1, 0.15) is 41.2 Å². The van der Waals surface area contributed by atoms with Gasteiger partial charge in [0.2, 0.25) is 5.95 Å². The minimum Gasteiger partial charge on any atom is -0.384 e. The van der Waals surface area contributed by atoms with Crippen molar-refractivity contribution in [1.29, 1.82) is 5.26 Å². The van der Waals surface area contributed by atoms with E-state index in [9.17, 15) is 17.6 Å². The third kappa shape index (κ3) is 36.0. The zero-order chi connectivity index (χ0) is 70.2. The van der Waals surface area contributed by atoms with E-state index >= 15 is 0 Å². The van der Waals surface area contributed by atoms with Gasteiger partial charge in [-0.15, -0.1) is 0 Å². The predicted molar refractivity (Wildman–Crippen MR) is 371 cm³/mol. The van der Waals surface area contributed by atoms with Gasteiger partial charge in [0.05, 0.1) is 23.8 Å². The van der Waals surface area contributed by atoms with Crippen LogP contribution in [0.4, 0.5) is 35.0 Å². The number of pyridine rings is 5. The van der Waals surface area contributed by atoms with E-state index in [1.165, 1.54) is 40.7 Å². The number of aromatic nitrogens is 13. The molecule has 0 saturated heterocycles. The first-order chi connectivity index (χ1) is 43.8. The molecule has 0 unspecified atom stereocenters. The highest BCUT2D eigenvalue weighted by Gasteiger charge is 2.32. The number of nitriles is 1. The van der Waals surface area contributed by atoms with Gasteiger partial charge >= 0.3 is 6.18 Å². The lowest BCUT2D eigenvalue weighted by Gasteiger charge is -2.09. The van der Waals surface area contributed by atoms with Crippen LogP contribution < -0.4 is 17.2 Å². The Hall–Kier alpha value is -8.97. The Morgan fingerprint density at radius 1 is 0.376 bits per heavy atom. The number of rotatable bonds is 10. The number of anilines is 3. The molecular formula is C71H97F4N17S. The summed E-state index contributed by atoms with van der Waals surface area (Å²) >= 11 is 1.57. The Labute approximate surface area is 554 Å². The maximum absolute atomic E-state index is 12.4. The first-order valence-corrected chi connectivity index (χ1v) is 31.9. The Kier molecular flexibility index (Phi) is 39.3. The molecule has 500 valence electrons. The van der Waals surface area contributed by atoms with Crippen LogP contribution in [0.2, 0.25) is 0 Å². The fourth-order valence-corrected chi connectivity index (χ4v) is 7.10. The van der Waals surface area contributed by atoms with Crippen LogP contribution in [0, 0.1) is 17.3 Å². The van der Waals surface area contributed by atoms with Gasteiger partial charge < -0.3 is 17.2 Å². The summed E-state index contributed by atoms with van der Waals surface area (Å²) in [6.45, 7) is 37.3. The summed E-state index contributed by atoms with van der Waals surface area (Å²) in [5, 5.41) is 9.37. The molecule has 9 aromatic rings. The number of hydrogen-bond donors (Lipinski definition) is 3. The first-order valence-electron chi connectivity index (χ1n) is 30.7. The molecule has 22 heteroatoms. The quantitative estimate of drug-likeness (QED) is 0.0497. The molecule has 17 nitrogen and oxygen atoms in total. The molecule has 0 saturated carbocycles. The predicted octanol–water partition coefficient (Wildman–Crippen LogP) is 17.9. The zero-order valence-electron chi connectivity index (χ0n) is 57.5. The van der Waals surface area contributed by atoms with Crippen LogP contribution >= 0.6 is 11.8 Å². The maximum Gasteiger partial charge on any atom is 0.433 e. The zero-order valence-corrected chi connectivity index (χ0v) is 58.4. The molecule has 0 radical (unpaired) electrons. The van der Waals surface area contributed by atoms with Crippen LogP contribution in [0.15, 0.2) is 159 Å². The average Bonchev–Trinajstić information content (AvgIpc) is 1.81. The van der Waals surface area contributed by atoms with E-state index in [4.69, 9.17) is 22.5 Å². The molecule has 0 aromatic carbocycles. The van der Waals surface area contributed by atoms with Crippen molar-refractivity contribution in [2.75, 3.05) is 23.5 Å². The van der Waals surface area contributed by atoms with Crippen molar-refractivity contribution in [2.24, 2.45) is 0 Å². The Balaban J connectivity index is 0.000000524. The normalized spacial score (nSPS) is 10.5. The molecular weight excluding hydrogens is 1200 g/mol. The van der Waals surface area contributed by atoms with Gasteiger partial charge in [-0.3, -0.25) is 19.9 Å². The molecule has 6 N–H and O–H groups in total. The minimum absolute atomic E-state index is 0.0871. The summed E-state index contributed by atoms with van der Waals surface area (Å²) in [6.07, 6.45) is 23.1. The van der Waals surface area contributed by atoms with E-state index in [1.54, 1.807) is 67.5 Å². The lowest BCUT2D eigenvalue weighted by atomic mass is 10.0. The topological polar surface area (TPSA) is 269 Å². The Morgan fingerprint density at radius 2 is 0.828 bits per heavy atom. The third-order valence-corrected chi connectivity index (χ3v) is 13.4. The first kappa shape index (κ1) is 82.0. The van der Waals surface area contributed by atoms with E-state index in [0.29, 0.717) is 76.1 Å². The van der Waals surface area contributed by atoms with Gasteiger partial charge in [-0.05, 0) is 153 Å². The number of alkyl halides is 3. The molecule has 9 rings (SSSR count). The number of nitrogens with two attached hydrogens (primary N) is 3. The van der Waals surface area contributed by atoms with Crippen LogP contribution in [0.1, 0.15) is 240 Å². The highest BCUT2D eigenvalue weighted by atomic mass is 32.2. The molecule has 0 bridgehead atoms. The average molecular weight is 1300 g/mol. The standard InChI is InChI=1S/C9H10F3N.C9H10N2.C8H10FN.C8H12N2S.2C8H12N2.C7H11N3.2C7H10N2/c1-6(2)7-3-4-13-8(5-7)9(10,11)12;1-7(2)8-3-4-11-9(5-8)6-10;1-6(2)7-3-4-10-8(9)5-7;1-6(2)7-4-9-8(11-3)10-5-7;1-6(2)7-3-4-10-8(9)5-7;1-6(2)7-3-4-8(9)10-5-7;1-5(2)6-3-10-7(8)4-9-6;1-6(2)7-3-8-5-9-4-7;1-6(2)7-5-8-3-4-9-7/h3-6H,1-2H3;3-5,7H,1-2H3;3-6H,1-2H3;4-6H,1-3H3;2*3-6H,1-2H3,(H2,9,10);3-5H,1-2H3,(H2,8,10);2*3-6H,1-2H3. The van der Waals surface area contributed by atoms with Crippen LogP contribution in [0.5, 0.6) is 0 Å². The van der Waals surface area contributed by atoms with Crippen molar-refractivity contribution in [3.63, 3.8) is 0 Å². The second-order valence-corrected chi connectivity index (χ2v) is 24.3. The van der Waals surface area contributed by atoms with Crippen molar-refractivity contribution in [2.45, 2.75) is 189 Å². The Bertz CT molecular complexity index is 3300.